The van der Waals surface area contributed by atoms with Crippen LogP contribution in [0.3, 0.4) is 0 Å². The molecule has 3 nitrogen and oxygen atoms in total. The average Bonchev–Trinajstić information content (AvgIpc) is 2.52. The Morgan fingerprint density at radius 3 is 3.06 bits per heavy atom. The smallest absolute Gasteiger partial charge is 0.252 e. The molecule has 1 amide bonds. The van der Waals surface area contributed by atoms with Crippen LogP contribution in [-0.4, -0.2) is 23.6 Å². The highest BCUT2D eigenvalue weighted by molar-refractivity contribution is 6.00. The van der Waals surface area contributed by atoms with E-state index >= 15 is 0 Å². The van der Waals surface area contributed by atoms with E-state index in [-0.39, 0.29) is 12.5 Å². The molecule has 1 aromatic carbocycles. The molecule has 0 aromatic heterocycles. The Kier molecular flexibility index (Phi) is 1.96. The van der Waals surface area contributed by atoms with Crippen LogP contribution in [0, 0.1) is 0 Å². The van der Waals surface area contributed by atoms with Gasteiger partial charge in [-0.1, -0.05) is 24.3 Å². The Hall–Kier alpha value is -2.16. The second-order valence-corrected chi connectivity index (χ2v) is 3.71. The Bertz CT molecular complexity index is 541. The number of carbonyl (C=O) groups excluding carboxylic acids is 1. The largest absolute Gasteiger partial charge is 0.286 e. The van der Waals surface area contributed by atoms with E-state index in [1.165, 1.54) is 0 Å². The zero-order valence-corrected chi connectivity index (χ0v) is 8.63. The molecule has 1 aromatic rings. The van der Waals surface area contributed by atoms with E-state index in [9.17, 15) is 4.79 Å². The lowest BCUT2D eigenvalue weighted by atomic mass is 10.0. The maximum Gasteiger partial charge on any atom is 0.252 e. The van der Waals surface area contributed by atoms with Crippen molar-refractivity contribution in [1.82, 2.24) is 4.90 Å². The molecule has 0 bridgehead atoms. The van der Waals surface area contributed by atoms with Crippen molar-refractivity contribution in [3.05, 3.63) is 47.7 Å². The SMILES string of the molecule is O=C1CN=CC=C2c3ccccc3C=CN12. The molecule has 3 rings (SSSR count). The fourth-order valence-electron chi connectivity index (χ4n) is 1.96. The average molecular weight is 210 g/mol. The van der Waals surface area contributed by atoms with Crippen LogP contribution in [0.4, 0.5) is 0 Å². The lowest BCUT2D eigenvalue weighted by molar-refractivity contribution is -0.124. The summed E-state index contributed by atoms with van der Waals surface area (Å²) in [6.45, 7) is 0.215. The molecule has 78 valence electrons. The van der Waals surface area contributed by atoms with Crippen molar-refractivity contribution in [3.8, 4) is 0 Å². The van der Waals surface area contributed by atoms with Gasteiger partial charge in [0.25, 0.3) is 5.91 Å². The van der Waals surface area contributed by atoms with Crippen LogP contribution >= 0.6 is 0 Å². The van der Waals surface area contributed by atoms with Gasteiger partial charge in [-0.2, -0.15) is 0 Å². The predicted octanol–water partition coefficient (Wildman–Crippen LogP) is 1.92. The monoisotopic (exact) mass is 210 g/mol. The van der Waals surface area contributed by atoms with E-state index in [1.807, 2.05) is 42.6 Å². The number of hydrogen-bond donors (Lipinski definition) is 0. The van der Waals surface area contributed by atoms with E-state index in [1.54, 1.807) is 11.1 Å². The molecule has 0 aliphatic carbocycles. The minimum Gasteiger partial charge on any atom is -0.286 e. The van der Waals surface area contributed by atoms with Gasteiger partial charge in [-0.25, -0.2) is 0 Å². The van der Waals surface area contributed by atoms with Crippen LogP contribution in [0.25, 0.3) is 11.8 Å². The van der Waals surface area contributed by atoms with Gasteiger partial charge in [0, 0.05) is 18.0 Å². The summed E-state index contributed by atoms with van der Waals surface area (Å²) in [5.74, 6) is 0.00533. The molecule has 2 heterocycles. The zero-order chi connectivity index (χ0) is 11.0. The summed E-state index contributed by atoms with van der Waals surface area (Å²) < 4.78 is 0. The molecule has 0 saturated heterocycles. The van der Waals surface area contributed by atoms with Crippen LogP contribution in [0.5, 0.6) is 0 Å². The maximum atomic E-state index is 11.8. The number of hydrogen-bond acceptors (Lipinski definition) is 2. The lowest BCUT2D eigenvalue weighted by Gasteiger charge is -2.25. The summed E-state index contributed by atoms with van der Waals surface area (Å²) in [4.78, 5) is 17.5. The standard InChI is InChI=1S/C13H10N2O/c16-13-9-14-7-5-12-11-4-2-1-3-10(11)6-8-15(12)13/h1-8H,9H2. The Morgan fingerprint density at radius 2 is 2.12 bits per heavy atom. The number of aliphatic imine (C=N–C) groups is 1. The van der Waals surface area contributed by atoms with E-state index in [2.05, 4.69) is 4.99 Å². The van der Waals surface area contributed by atoms with Gasteiger partial charge in [0.15, 0.2) is 0 Å². The third-order valence-corrected chi connectivity index (χ3v) is 2.73. The first kappa shape index (κ1) is 9.09. The molecule has 0 spiro atoms. The summed E-state index contributed by atoms with van der Waals surface area (Å²) in [7, 11) is 0. The van der Waals surface area contributed by atoms with E-state index in [4.69, 9.17) is 0 Å². The van der Waals surface area contributed by atoms with Crippen LogP contribution in [0.1, 0.15) is 11.1 Å². The zero-order valence-electron chi connectivity index (χ0n) is 8.63. The molecular weight excluding hydrogens is 200 g/mol. The molecule has 2 aliphatic heterocycles. The van der Waals surface area contributed by atoms with Crippen molar-refractivity contribution < 1.29 is 4.79 Å². The highest BCUT2D eigenvalue weighted by atomic mass is 16.2. The molecule has 0 atom stereocenters. The normalized spacial score (nSPS) is 17.6. The summed E-state index contributed by atoms with van der Waals surface area (Å²) in [5, 5.41) is 0. The molecule has 3 heteroatoms. The maximum absolute atomic E-state index is 11.8. The molecule has 2 aliphatic rings. The van der Waals surface area contributed by atoms with Crippen molar-refractivity contribution in [1.29, 1.82) is 0 Å². The second-order valence-electron chi connectivity index (χ2n) is 3.71. The Labute approximate surface area is 93.4 Å². The third kappa shape index (κ3) is 1.29. The summed E-state index contributed by atoms with van der Waals surface area (Å²) in [5.41, 5.74) is 3.11. The molecule has 0 unspecified atom stereocenters. The van der Waals surface area contributed by atoms with E-state index in [0.717, 1.165) is 16.8 Å². The number of fused-ring (bicyclic) bond motifs is 3. The van der Waals surface area contributed by atoms with Gasteiger partial charge < -0.3 is 0 Å². The van der Waals surface area contributed by atoms with Gasteiger partial charge in [0.2, 0.25) is 0 Å². The number of carbonyl (C=O) groups is 1. The van der Waals surface area contributed by atoms with Crippen LogP contribution in [-0.2, 0) is 4.79 Å². The van der Waals surface area contributed by atoms with E-state index < -0.39 is 0 Å². The molecule has 0 radical (unpaired) electrons. The van der Waals surface area contributed by atoms with Gasteiger partial charge in [-0.3, -0.25) is 14.7 Å². The molecule has 0 saturated carbocycles. The predicted molar refractivity (Wildman–Crippen MR) is 63.7 cm³/mol. The highest BCUT2D eigenvalue weighted by Gasteiger charge is 2.22. The Morgan fingerprint density at radius 1 is 1.25 bits per heavy atom. The van der Waals surface area contributed by atoms with Gasteiger partial charge in [0.05, 0.1) is 5.70 Å². The van der Waals surface area contributed by atoms with Gasteiger partial charge >= 0.3 is 0 Å². The summed E-state index contributed by atoms with van der Waals surface area (Å²) in [6.07, 6.45) is 7.34. The molecule has 16 heavy (non-hydrogen) atoms. The van der Waals surface area contributed by atoms with E-state index in [0.29, 0.717) is 0 Å². The summed E-state index contributed by atoms with van der Waals surface area (Å²) in [6, 6.07) is 8.02. The van der Waals surface area contributed by atoms with Gasteiger partial charge in [0.1, 0.15) is 6.54 Å². The number of allylic oxidation sites excluding steroid dienone is 1. The lowest BCUT2D eigenvalue weighted by Crippen LogP contribution is -2.27. The Balaban J connectivity index is 2.19. The van der Waals surface area contributed by atoms with Crippen LogP contribution < -0.4 is 0 Å². The number of nitrogens with zero attached hydrogens (tertiary/aromatic N) is 2. The minimum absolute atomic E-state index is 0.00533. The quantitative estimate of drug-likeness (QED) is 0.644. The van der Waals surface area contributed by atoms with Crippen molar-refractivity contribution in [3.63, 3.8) is 0 Å². The van der Waals surface area contributed by atoms with Gasteiger partial charge in [-0.05, 0) is 17.7 Å². The fraction of sp³-hybridized carbons (Fsp3) is 0.0769. The van der Waals surface area contributed by atoms with Crippen molar-refractivity contribution in [2.24, 2.45) is 4.99 Å². The van der Waals surface area contributed by atoms with Crippen LogP contribution in [0.2, 0.25) is 0 Å². The third-order valence-electron chi connectivity index (χ3n) is 2.73. The first-order chi connectivity index (χ1) is 7.86. The topological polar surface area (TPSA) is 32.7 Å². The van der Waals surface area contributed by atoms with Gasteiger partial charge in [-0.15, -0.1) is 0 Å². The fourth-order valence-corrected chi connectivity index (χ4v) is 1.96. The molecule has 0 fully saturated rings. The number of benzene rings is 1. The second kappa shape index (κ2) is 3.45. The molecule has 0 N–H and O–H groups in total. The highest BCUT2D eigenvalue weighted by Crippen LogP contribution is 2.29. The van der Waals surface area contributed by atoms with Crippen LogP contribution in [0.15, 0.2) is 41.5 Å². The number of rotatable bonds is 0. The minimum atomic E-state index is 0.00533. The first-order valence-electron chi connectivity index (χ1n) is 5.16. The first-order valence-corrected chi connectivity index (χ1v) is 5.16. The molecular formula is C13H10N2O. The summed E-state index contributed by atoms with van der Waals surface area (Å²) >= 11 is 0. The van der Waals surface area contributed by atoms with Crippen molar-refractivity contribution >= 4 is 23.9 Å². The van der Waals surface area contributed by atoms with Crippen molar-refractivity contribution in [2.75, 3.05) is 6.54 Å². The van der Waals surface area contributed by atoms with Crippen molar-refractivity contribution in [2.45, 2.75) is 0 Å². The number of amides is 1.